The number of piperidine rings is 1. The van der Waals surface area contributed by atoms with Crippen LogP contribution in [-0.2, 0) is 0 Å². The van der Waals surface area contributed by atoms with Crippen LogP contribution in [0.3, 0.4) is 0 Å². The predicted molar refractivity (Wildman–Crippen MR) is 138 cm³/mol. The second-order valence-electron chi connectivity index (χ2n) is 9.07. The molecule has 3 aromatic heterocycles. The Bertz CT molecular complexity index is 1650. The summed E-state index contributed by atoms with van der Waals surface area (Å²) in [6.45, 7) is 2.27. The fourth-order valence-corrected chi connectivity index (χ4v) is 4.97. The molecule has 0 unspecified atom stereocenters. The van der Waals surface area contributed by atoms with Gasteiger partial charge in [-0.2, -0.15) is 0 Å². The van der Waals surface area contributed by atoms with Crippen LogP contribution in [0.4, 0.5) is 5.69 Å². The molecule has 1 saturated heterocycles. The summed E-state index contributed by atoms with van der Waals surface area (Å²) in [7, 11) is 0. The van der Waals surface area contributed by atoms with Gasteiger partial charge in [0.25, 0.3) is 0 Å². The minimum atomic E-state index is 0.772. The third kappa shape index (κ3) is 3.30. The zero-order chi connectivity index (χ0) is 22.5. The van der Waals surface area contributed by atoms with Crippen molar-refractivity contribution in [2.24, 2.45) is 0 Å². The number of pyridine rings is 1. The fourth-order valence-electron chi connectivity index (χ4n) is 4.97. The van der Waals surface area contributed by atoms with Crippen molar-refractivity contribution < 1.29 is 0 Å². The maximum absolute atomic E-state index is 4.85. The second-order valence-corrected chi connectivity index (χ2v) is 9.07. The van der Waals surface area contributed by atoms with E-state index in [9.17, 15) is 0 Å². The van der Waals surface area contributed by atoms with Gasteiger partial charge in [-0.05, 0) is 67.1 Å². The largest absolute Gasteiger partial charge is 0.371 e. The summed E-state index contributed by atoms with van der Waals surface area (Å²) in [5, 5.41) is 2.28. The highest BCUT2D eigenvalue weighted by molar-refractivity contribution is 5.88. The molecule has 0 amide bonds. The van der Waals surface area contributed by atoms with Crippen molar-refractivity contribution >= 4 is 38.5 Å². The van der Waals surface area contributed by atoms with E-state index in [0.717, 1.165) is 68.8 Å². The highest BCUT2D eigenvalue weighted by atomic mass is 15.1. The molecule has 3 aromatic carbocycles. The molecule has 0 atom stereocenters. The van der Waals surface area contributed by atoms with Crippen molar-refractivity contribution in [2.45, 2.75) is 19.3 Å². The SMILES string of the molecule is c1ccc2cc(-c3nc4ccc(-c5nc6ccc(N7CCCCC7)cc6[nH]5)cc4[nH]3)ncc2c1. The normalized spacial score (nSPS) is 14.4. The molecule has 34 heavy (non-hydrogen) atoms. The van der Waals surface area contributed by atoms with E-state index in [1.807, 2.05) is 24.4 Å². The lowest BCUT2D eigenvalue weighted by molar-refractivity contribution is 0.578. The molecular weight excluding hydrogens is 420 g/mol. The lowest BCUT2D eigenvalue weighted by Gasteiger charge is -2.28. The second kappa shape index (κ2) is 7.70. The van der Waals surface area contributed by atoms with E-state index in [0.29, 0.717) is 0 Å². The summed E-state index contributed by atoms with van der Waals surface area (Å²) in [6.07, 6.45) is 5.78. The Morgan fingerprint density at radius 2 is 1.41 bits per heavy atom. The topological polar surface area (TPSA) is 73.5 Å². The number of fused-ring (bicyclic) bond motifs is 3. The quantitative estimate of drug-likeness (QED) is 0.335. The van der Waals surface area contributed by atoms with Gasteiger partial charge >= 0.3 is 0 Å². The Kier molecular flexibility index (Phi) is 4.37. The molecule has 1 aliphatic rings. The third-order valence-electron chi connectivity index (χ3n) is 6.82. The van der Waals surface area contributed by atoms with E-state index in [2.05, 4.69) is 68.4 Å². The molecule has 6 heteroatoms. The third-order valence-corrected chi connectivity index (χ3v) is 6.82. The monoisotopic (exact) mass is 444 g/mol. The number of H-pyrrole nitrogens is 2. The molecule has 2 N–H and O–H groups in total. The minimum absolute atomic E-state index is 0.772. The lowest BCUT2D eigenvalue weighted by Crippen LogP contribution is -2.29. The Labute approximate surface area is 196 Å². The molecule has 1 aliphatic heterocycles. The number of rotatable bonds is 3. The number of anilines is 1. The summed E-state index contributed by atoms with van der Waals surface area (Å²) >= 11 is 0. The zero-order valence-electron chi connectivity index (χ0n) is 18.8. The highest BCUT2D eigenvalue weighted by Gasteiger charge is 2.14. The molecule has 0 radical (unpaired) electrons. The van der Waals surface area contributed by atoms with Gasteiger partial charge in [-0.15, -0.1) is 0 Å². The van der Waals surface area contributed by atoms with Gasteiger partial charge in [0.2, 0.25) is 0 Å². The van der Waals surface area contributed by atoms with Gasteiger partial charge in [0.15, 0.2) is 5.82 Å². The van der Waals surface area contributed by atoms with Crippen LogP contribution >= 0.6 is 0 Å². The van der Waals surface area contributed by atoms with Gasteiger partial charge in [0.05, 0.1) is 22.1 Å². The first-order valence-corrected chi connectivity index (χ1v) is 11.9. The van der Waals surface area contributed by atoms with Crippen molar-refractivity contribution in [1.82, 2.24) is 24.9 Å². The standard InChI is InChI=1S/C28H24N6/c1-4-12-34(13-5-1)21-9-11-23-25(16-21)32-27(30-23)19-8-10-22-24(15-19)33-28(31-22)26-14-18-6-2-3-7-20(18)17-29-26/h2-3,6-11,14-17H,1,4-5,12-13H2,(H,30,32)(H,31,33). The fraction of sp³-hybridized carbons (Fsp3) is 0.179. The van der Waals surface area contributed by atoms with Crippen molar-refractivity contribution in [3.8, 4) is 22.9 Å². The molecule has 166 valence electrons. The Morgan fingerprint density at radius 3 is 2.29 bits per heavy atom. The number of hydrogen-bond acceptors (Lipinski definition) is 4. The molecule has 0 bridgehead atoms. The van der Waals surface area contributed by atoms with Gasteiger partial charge in [-0.25, -0.2) is 9.97 Å². The van der Waals surface area contributed by atoms with Gasteiger partial charge in [0.1, 0.15) is 11.5 Å². The molecular formula is C28H24N6. The van der Waals surface area contributed by atoms with Gasteiger partial charge in [-0.3, -0.25) is 4.98 Å². The van der Waals surface area contributed by atoms with Crippen LogP contribution in [0.15, 0.2) is 72.9 Å². The van der Waals surface area contributed by atoms with Crippen LogP contribution in [0.5, 0.6) is 0 Å². The maximum atomic E-state index is 4.85. The Hall–Kier alpha value is -4.19. The average molecular weight is 445 g/mol. The first kappa shape index (κ1) is 19.3. The first-order valence-electron chi connectivity index (χ1n) is 11.9. The van der Waals surface area contributed by atoms with Crippen molar-refractivity contribution in [3.63, 3.8) is 0 Å². The van der Waals surface area contributed by atoms with E-state index in [1.54, 1.807) is 0 Å². The Balaban J connectivity index is 1.24. The molecule has 1 fully saturated rings. The van der Waals surface area contributed by atoms with Gasteiger partial charge < -0.3 is 14.9 Å². The van der Waals surface area contributed by atoms with E-state index in [-0.39, 0.29) is 0 Å². The molecule has 0 saturated carbocycles. The van der Waals surface area contributed by atoms with E-state index < -0.39 is 0 Å². The number of nitrogens with zero attached hydrogens (tertiary/aromatic N) is 4. The summed E-state index contributed by atoms with van der Waals surface area (Å²) in [5.41, 5.74) is 7.09. The summed E-state index contributed by atoms with van der Waals surface area (Å²) < 4.78 is 0. The number of benzene rings is 3. The van der Waals surface area contributed by atoms with Crippen LogP contribution in [-0.4, -0.2) is 38.0 Å². The molecule has 4 heterocycles. The van der Waals surface area contributed by atoms with Crippen molar-refractivity contribution in [3.05, 3.63) is 72.9 Å². The Morgan fingerprint density at radius 1 is 0.676 bits per heavy atom. The molecule has 6 nitrogen and oxygen atoms in total. The number of aromatic nitrogens is 5. The number of aromatic amines is 2. The highest BCUT2D eigenvalue weighted by Crippen LogP contribution is 2.29. The van der Waals surface area contributed by atoms with Crippen LogP contribution in [0.1, 0.15) is 19.3 Å². The van der Waals surface area contributed by atoms with E-state index in [4.69, 9.17) is 9.97 Å². The number of nitrogens with one attached hydrogen (secondary N) is 2. The predicted octanol–water partition coefficient (Wildman–Crippen LogP) is 6.31. The molecule has 6 aromatic rings. The smallest absolute Gasteiger partial charge is 0.157 e. The van der Waals surface area contributed by atoms with Gasteiger partial charge in [0, 0.05) is 35.9 Å². The molecule has 0 aliphatic carbocycles. The van der Waals surface area contributed by atoms with Crippen LogP contribution in [0, 0.1) is 0 Å². The summed E-state index contributed by atoms with van der Waals surface area (Å²) in [6, 6.07) is 23.1. The molecule has 7 rings (SSSR count). The van der Waals surface area contributed by atoms with E-state index in [1.165, 1.54) is 24.9 Å². The van der Waals surface area contributed by atoms with Crippen LogP contribution in [0.2, 0.25) is 0 Å². The van der Waals surface area contributed by atoms with Crippen LogP contribution < -0.4 is 4.90 Å². The van der Waals surface area contributed by atoms with Gasteiger partial charge in [-0.1, -0.05) is 24.3 Å². The zero-order valence-corrected chi connectivity index (χ0v) is 18.8. The number of hydrogen-bond donors (Lipinski definition) is 2. The number of imidazole rings is 2. The summed E-state index contributed by atoms with van der Waals surface area (Å²) in [4.78, 5) is 23.7. The lowest BCUT2D eigenvalue weighted by atomic mass is 10.1. The molecule has 0 spiro atoms. The first-order chi connectivity index (χ1) is 16.8. The van der Waals surface area contributed by atoms with Crippen molar-refractivity contribution in [2.75, 3.05) is 18.0 Å². The van der Waals surface area contributed by atoms with Crippen molar-refractivity contribution in [1.29, 1.82) is 0 Å². The average Bonchev–Trinajstić information content (AvgIpc) is 3.52. The summed E-state index contributed by atoms with van der Waals surface area (Å²) in [5.74, 6) is 1.64. The minimum Gasteiger partial charge on any atom is -0.371 e. The van der Waals surface area contributed by atoms with E-state index >= 15 is 0 Å². The maximum Gasteiger partial charge on any atom is 0.157 e. The van der Waals surface area contributed by atoms with Crippen LogP contribution in [0.25, 0.3) is 55.7 Å².